The SMILES string of the molecule is CC(C)(CCS(=O)(=O)CCOCCOCCOCCOCCOCCOCCOCCOCCOCCOCCS(=O)(=O)CCC(C)(C)NBr)NBr. The molecule has 52 heavy (non-hydrogen) atoms. The smallest absolute Gasteiger partial charge is 0.152 e. The van der Waals surface area contributed by atoms with E-state index in [4.69, 9.17) is 47.4 Å². The van der Waals surface area contributed by atoms with Gasteiger partial charge in [-0.3, -0.25) is 8.69 Å². The highest BCUT2D eigenvalue weighted by Gasteiger charge is 2.21. The number of hydrogen-bond acceptors (Lipinski definition) is 16. The van der Waals surface area contributed by atoms with E-state index in [0.29, 0.717) is 132 Å². The first kappa shape index (κ1) is 52.4. The number of nitrogens with one attached hydrogen (secondary N) is 2. The third-order valence-electron chi connectivity index (χ3n) is 7.01. The van der Waals surface area contributed by atoms with Gasteiger partial charge in [-0.05, 0) is 40.5 Å². The van der Waals surface area contributed by atoms with E-state index < -0.39 is 19.7 Å². The highest BCUT2D eigenvalue weighted by atomic mass is 79.9. The maximum Gasteiger partial charge on any atom is 0.152 e. The molecule has 314 valence electrons. The van der Waals surface area contributed by atoms with Gasteiger partial charge in [0, 0.05) is 43.4 Å². The van der Waals surface area contributed by atoms with Gasteiger partial charge in [-0.25, -0.2) is 16.8 Å². The fourth-order valence-electron chi connectivity index (χ4n) is 3.57. The van der Waals surface area contributed by atoms with Gasteiger partial charge in [0.15, 0.2) is 19.7 Å². The van der Waals surface area contributed by atoms with Crippen LogP contribution in [-0.4, -0.2) is 183 Å². The average Bonchev–Trinajstić information content (AvgIpc) is 3.10. The highest BCUT2D eigenvalue weighted by Crippen LogP contribution is 2.13. The number of ether oxygens (including phenoxy) is 10. The Hall–Kier alpha value is 0.380. The van der Waals surface area contributed by atoms with Crippen molar-refractivity contribution in [2.45, 2.75) is 51.6 Å². The minimum Gasteiger partial charge on any atom is -0.378 e. The standard InChI is InChI=1S/C32H66Br2N2O14S2/c1-31(2,35-33)5-27-51(37,38)29-25-49-23-21-47-19-17-45-15-13-43-11-9-41-7-8-42-10-12-44-14-16-46-18-20-48-22-24-50-26-30-52(39,40)28-6-32(3,4)36-34/h35-36H,5-30H2,1-4H3. The number of halogens is 2. The number of sulfone groups is 2. The van der Waals surface area contributed by atoms with E-state index in [2.05, 4.69) is 41.0 Å². The lowest BCUT2D eigenvalue weighted by Gasteiger charge is -2.22. The van der Waals surface area contributed by atoms with Gasteiger partial charge in [0.1, 0.15) is 0 Å². The minimum atomic E-state index is -3.15. The molecule has 0 unspecified atom stereocenters. The van der Waals surface area contributed by atoms with Crippen LogP contribution in [0.15, 0.2) is 0 Å². The van der Waals surface area contributed by atoms with E-state index in [9.17, 15) is 16.8 Å². The summed E-state index contributed by atoms with van der Waals surface area (Å²) < 4.78 is 108. The summed E-state index contributed by atoms with van der Waals surface area (Å²) in [6.07, 6.45) is 1.01. The summed E-state index contributed by atoms with van der Waals surface area (Å²) in [5, 5.41) is 0. The lowest BCUT2D eigenvalue weighted by molar-refractivity contribution is -0.0261. The molecule has 20 heteroatoms. The molecule has 0 aliphatic carbocycles. The zero-order chi connectivity index (χ0) is 38.9. The van der Waals surface area contributed by atoms with E-state index in [-0.39, 0.29) is 47.3 Å². The summed E-state index contributed by atoms with van der Waals surface area (Å²) in [5.41, 5.74) is -0.585. The van der Waals surface area contributed by atoms with E-state index in [1.54, 1.807) is 0 Å². The molecule has 0 aromatic rings. The minimum absolute atomic E-state index is 0.00296. The fraction of sp³-hybridized carbons (Fsp3) is 1.00. The van der Waals surface area contributed by atoms with Crippen molar-refractivity contribution in [3.63, 3.8) is 0 Å². The topological polar surface area (TPSA) is 185 Å². The monoisotopic (exact) mass is 924 g/mol. The normalized spacial score (nSPS) is 13.0. The molecule has 0 aliphatic rings. The van der Waals surface area contributed by atoms with Crippen molar-refractivity contribution in [3.8, 4) is 0 Å². The Kier molecular flexibility index (Phi) is 33.8. The van der Waals surface area contributed by atoms with Crippen LogP contribution in [-0.2, 0) is 67.0 Å². The lowest BCUT2D eigenvalue weighted by Crippen LogP contribution is -2.35. The van der Waals surface area contributed by atoms with E-state index in [0.717, 1.165) is 0 Å². The van der Waals surface area contributed by atoms with E-state index in [1.165, 1.54) is 0 Å². The molecule has 0 radical (unpaired) electrons. The van der Waals surface area contributed by atoms with Crippen molar-refractivity contribution >= 4 is 52.0 Å². The Labute approximate surface area is 330 Å². The Morgan fingerprint density at radius 3 is 0.692 bits per heavy atom. The van der Waals surface area contributed by atoms with Crippen LogP contribution in [0.4, 0.5) is 0 Å². The maximum absolute atomic E-state index is 12.1. The van der Waals surface area contributed by atoms with E-state index in [1.807, 2.05) is 27.7 Å². The molecule has 0 spiro atoms. The van der Waals surface area contributed by atoms with Gasteiger partial charge in [-0.2, -0.15) is 0 Å². The number of rotatable bonds is 41. The van der Waals surface area contributed by atoms with Gasteiger partial charge in [0.2, 0.25) is 0 Å². The molecule has 0 amide bonds. The Morgan fingerprint density at radius 2 is 0.519 bits per heavy atom. The second kappa shape index (κ2) is 33.5. The Balaban J connectivity index is 3.27. The molecule has 0 saturated heterocycles. The largest absolute Gasteiger partial charge is 0.378 e. The van der Waals surface area contributed by atoms with Crippen LogP contribution in [0.5, 0.6) is 0 Å². The van der Waals surface area contributed by atoms with Crippen LogP contribution in [0.2, 0.25) is 0 Å². The molecule has 0 rings (SSSR count). The Morgan fingerprint density at radius 1 is 0.346 bits per heavy atom. The van der Waals surface area contributed by atoms with Crippen LogP contribution in [0, 0.1) is 0 Å². The summed E-state index contributed by atoms with van der Waals surface area (Å²) >= 11 is 6.33. The van der Waals surface area contributed by atoms with Crippen molar-refractivity contribution in [2.24, 2.45) is 0 Å². The first-order valence-electron chi connectivity index (χ1n) is 17.7. The molecule has 2 N–H and O–H groups in total. The molecule has 0 fully saturated rings. The second-order valence-corrected chi connectivity index (χ2v) is 18.3. The summed E-state index contributed by atoms with van der Waals surface area (Å²) in [4.78, 5) is 0. The predicted molar refractivity (Wildman–Crippen MR) is 207 cm³/mol. The molecular weight excluding hydrogens is 860 g/mol. The van der Waals surface area contributed by atoms with Gasteiger partial charge in [-0.1, -0.05) is 0 Å². The first-order valence-corrected chi connectivity index (χ1v) is 22.9. The van der Waals surface area contributed by atoms with Crippen LogP contribution in [0.25, 0.3) is 0 Å². The van der Waals surface area contributed by atoms with Crippen molar-refractivity contribution < 1.29 is 64.2 Å². The Bertz CT molecular complexity index is 949. The molecule has 0 saturated carbocycles. The fourth-order valence-corrected chi connectivity index (χ4v) is 6.76. The van der Waals surface area contributed by atoms with Gasteiger partial charge >= 0.3 is 0 Å². The number of hydrogen-bond donors (Lipinski definition) is 2. The first-order chi connectivity index (χ1) is 24.7. The van der Waals surface area contributed by atoms with Crippen molar-refractivity contribution in [3.05, 3.63) is 0 Å². The van der Waals surface area contributed by atoms with Gasteiger partial charge in [0.25, 0.3) is 0 Å². The quantitative estimate of drug-likeness (QED) is 0.0671. The summed E-state index contributed by atoms with van der Waals surface area (Å²) in [6, 6.07) is 0. The lowest BCUT2D eigenvalue weighted by atomic mass is 10.0. The zero-order valence-electron chi connectivity index (χ0n) is 31.7. The third kappa shape index (κ3) is 37.3. The molecule has 0 aliphatic heterocycles. The van der Waals surface area contributed by atoms with Crippen LogP contribution < -0.4 is 8.69 Å². The molecule has 0 atom stereocenters. The molecule has 0 aromatic carbocycles. The molecule has 16 nitrogen and oxygen atoms in total. The van der Waals surface area contributed by atoms with E-state index >= 15 is 0 Å². The maximum atomic E-state index is 12.1. The average molecular weight is 927 g/mol. The molecule has 0 heterocycles. The summed E-state index contributed by atoms with van der Waals surface area (Å²) in [6.45, 7) is 15.7. The van der Waals surface area contributed by atoms with Crippen molar-refractivity contribution in [1.29, 1.82) is 0 Å². The van der Waals surface area contributed by atoms with Crippen molar-refractivity contribution in [1.82, 2.24) is 8.69 Å². The summed E-state index contributed by atoms with van der Waals surface area (Å²) in [7, 11) is -6.31. The molecule has 0 aromatic heterocycles. The molecule has 0 bridgehead atoms. The second-order valence-electron chi connectivity index (χ2n) is 12.9. The van der Waals surface area contributed by atoms with Crippen LogP contribution in [0.3, 0.4) is 0 Å². The predicted octanol–water partition coefficient (Wildman–Crippen LogP) is 2.12. The van der Waals surface area contributed by atoms with Crippen LogP contribution >= 0.6 is 32.3 Å². The molecular formula is C32H66Br2N2O14S2. The third-order valence-corrected chi connectivity index (χ3v) is 12.4. The highest BCUT2D eigenvalue weighted by molar-refractivity contribution is 9.08. The van der Waals surface area contributed by atoms with Crippen LogP contribution in [0.1, 0.15) is 40.5 Å². The summed E-state index contributed by atoms with van der Waals surface area (Å²) in [5.74, 6) is 0.205. The van der Waals surface area contributed by atoms with Gasteiger partial charge in [-0.15, -0.1) is 0 Å². The van der Waals surface area contributed by atoms with Gasteiger partial charge in [0.05, 0.1) is 155 Å². The zero-order valence-corrected chi connectivity index (χ0v) is 36.5. The van der Waals surface area contributed by atoms with Crippen molar-refractivity contribution in [2.75, 3.05) is 155 Å². The van der Waals surface area contributed by atoms with Gasteiger partial charge < -0.3 is 47.4 Å².